The van der Waals surface area contributed by atoms with Crippen molar-refractivity contribution in [2.75, 3.05) is 74.9 Å². The lowest BCUT2D eigenvalue weighted by atomic mass is 10.2. The summed E-state index contributed by atoms with van der Waals surface area (Å²) < 4.78 is 34.9. The molecule has 13 heteroatoms. The molecule has 3 aromatic rings. The van der Waals surface area contributed by atoms with Gasteiger partial charge in [-0.25, -0.2) is 14.6 Å². The van der Waals surface area contributed by atoms with Crippen LogP contribution in [0.1, 0.15) is 15.9 Å². The van der Waals surface area contributed by atoms with Crippen LogP contribution in [0.25, 0.3) is 0 Å². The maximum atomic E-state index is 13.1. The molecule has 5 rings (SSSR count). The molecule has 39 heavy (non-hydrogen) atoms. The number of methoxy groups -OCH3 is 1. The first-order valence-corrected chi connectivity index (χ1v) is 12.5. The van der Waals surface area contributed by atoms with Crippen LogP contribution in [0.3, 0.4) is 0 Å². The minimum atomic E-state index is -0.627. The normalized spacial score (nSPS) is 15.8. The number of halogens is 1. The molecule has 1 N–H and O–H groups in total. The molecule has 2 aromatic carbocycles. The number of carbonyl (C=O) groups is 1. The summed E-state index contributed by atoms with van der Waals surface area (Å²) in [6.07, 6.45) is 1.57. The van der Waals surface area contributed by atoms with Crippen LogP contribution >= 0.6 is 0 Å². The van der Waals surface area contributed by atoms with Gasteiger partial charge in [0.2, 0.25) is 17.8 Å². The van der Waals surface area contributed by atoms with E-state index < -0.39 is 11.8 Å². The van der Waals surface area contributed by atoms with E-state index in [0.717, 1.165) is 0 Å². The Morgan fingerprint density at radius 1 is 0.923 bits per heavy atom. The van der Waals surface area contributed by atoms with Gasteiger partial charge in [-0.15, -0.1) is 0 Å². The number of esters is 1. The molecule has 2 aliphatic rings. The van der Waals surface area contributed by atoms with E-state index in [1.165, 1.54) is 31.4 Å². The Labute approximate surface area is 224 Å². The number of anilines is 3. The van der Waals surface area contributed by atoms with E-state index in [-0.39, 0.29) is 11.3 Å². The predicted molar refractivity (Wildman–Crippen MR) is 141 cm³/mol. The molecule has 2 aliphatic heterocycles. The lowest BCUT2D eigenvalue weighted by Crippen LogP contribution is -2.40. The molecule has 12 nitrogen and oxygen atoms in total. The number of rotatable bonds is 8. The molecule has 204 valence electrons. The summed E-state index contributed by atoms with van der Waals surface area (Å²) >= 11 is 0. The van der Waals surface area contributed by atoms with Crippen molar-refractivity contribution in [3.63, 3.8) is 0 Å². The standard InChI is InChI=1S/C26H28FN7O5/c1-36-22-16-18(2-7-21(22)39-23(35)19-3-5-20(27)6-4-19)17-28-32-24-29-25(33-8-12-37-13-9-33)31-26(30-24)34-10-14-38-15-11-34/h2-7,16-17H,8-15H2,1H3,(H,29,30,31,32). The van der Waals surface area contributed by atoms with Crippen LogP contribution in [0, 0.1) is 5.82 Å². The van der Waals surface area contributed by atoms with Gasteiger partial charge in [-0.2, -0.15) is 20.1 Å². The summed E-state index contributed by atoms with van der Waals surface area (Å²) in [6.45, 7) is 5.18. The van der Waals surface area contributed by atoms with Crippen LogP contribution in [0.4, 0.5) is 22.2 Å². The molecule has 0 radical (unpaired) electrons. The largest absolute Gasteiger partial charge is 0.493 e. The SMILES string of the molecule is COc1cc(C=NNc2nc(N3CCOCC3)nc(N3CCOCC3)n2)ccc1OC(=O)c1ccc(F)cc1. The second-order valence-corrected chi connectivity index (χ2v) is 8.63. The predicted octanol–water partition coefficient (Wildman–Crippen LogP) is 2.36. The van der Waals surface area contributed by atoms with Crippen LogP contribution in [0.5, 0.6) is 11.5 Å². The lowest BCUT2D eigenvalue weighted by Gasteiger charge is -2.30. The quantitative estimate of drug-likeness (QED) is 0.197. The third-order valence-corrected chi connectivity index (χ3v) is 6.05. The van der Waals surface area contributed by atoms with Gasteiger partial charge in [0.15, 0.2) is 11.5 Å². The molecule has 0 spiro atoms. The molecular formula is C26H28FN7O5. The molecule has 0 saturated carbocycles. The monoisotopic (exact) mass is 537 g/mol. The topological polar surface area (TPSA) is 124 Å². The zero-order chi connectivity index (χ0) is 27.0. The number of benzene rings is 2. The van der Waals surface area contributed by atoms with Gasteiger partial charge in [-0.1, -0.05) is 0 Å². The van der Waals surface area contributed by atoms with E-state index in [0.29, 0.717) is 81.8 Å². The molecule has 0 unspecified atom stereocenters. The molecule has 0 aliphatic carbocycles. The second kappa shape index (κ2) is 12.5. The molecule has 0 amide bonds. The summed E-state index contributed by atoms with van der Waals surface area (Å²) in [4.78, 5) is 30.3. The molecule has 0 atom stereocenters. The van der Waals surface area contributed by atoms with Crippen LogP contribution < -0.4 is 24.7 Å². The van der Waals surface area contributed by atoms with Crippen molar-refractivity contribution in [1.29, 1.82) is 0 Å². The summed E-state index contributed by atoms with van der Waals surface area (Å²) in [5.41, 5.74) is 3.80. The van der Waals surface area contributed by atoms with E-state index in [1.807, 2.05) is 0 Å². The van der Waals surface area contributed by atoms with Crippen LogP contribution in [0.2, 0.25) is 0 Å². The Kier molecular flexibility index (Phi) is 8.39. The van der Waals surface area contributed by atoms with Gasteiger partial charge in [0, 0.05) is 26.2 Å². The minimum Gasteiger partial charge on any atom is -0.493 e. The number of hydrogen-bond donors (Lipinski definition) is 1. The third kappa shape index (κ3) is 6.75. The average Bonchev–Trinajstić information content (AvgIpc) is 2.99. The average molecular weight is 538 g/mol. The summed E-state index contributed by atoms with van der Waals surface area (Å²) in [7, 11) is 1.47. The van der Waals surface area contributed by atoms with Crippen molar-refractivity contribution in [1.82, 2.24) is 15.0 Å². The third-order valence-electron chi connectivity index (χ3n) is 6.05. The van der Waals surface area contributed by atoms with E-state index in [9.17, 15) is 9.18 Å². The van der Waals surface area contributed by atoms with Gasteiger partial charge >= 0.3 is 5.97 Å². The Morgan fingerprint density at radius 3 is 2.13 bits per heavy atom. The van der Waals surface area contributed by atoms with Crippen LogP contribution in [-0.4, -0.2) is 86.9 Å². The Hall–Kier alpha value is -4.36. The lowest BCUT2D eigenvalue weighted by molar-refractivity contribution is 0.0729. The van der Waals surface area contributed by atoms with Crippen molar-refractivity contribution in [3.05, 3.63) is 59.4 Å². The highest BCUT2D eigenvalue weighted by atomic mass is 19.1. The molecule has 2 fully saturated rings. The molecule has 3 heterocycles. The number of hydrogen-bond acceptors (Lipinski definition) is 12. The summed E-state index contributed by atoms with van der Waals surface area (Å²) in [6, 6.07) is 10.1. The van der Waals surface area contributed by atoms with Crippen molar-refractivity contribution >= 4 is 30.0 Å². The summed E-state index contributed by atoms with van der Waals surface area (Å²) in [5.74, 6) is 0.911. The van der Waals surface area contributed by atoms with Gasteiger partial charge in [0.05, 0.1) is 45.3 Å². The second-order valence-electron chi connectivity index (χ2n) is 8.63. The van der Waals surface area contributed by atoms with Crippen molar-refractivity contribution < 1.29 is 28.1 Å². The smallest absolute Gasteiger partial charge is 0.343 e. The van der Waals surface area contributed by atoms with Crippen LogP contribution in [-0.2, 0) is 9.47 Å². The summed E-state index contributed by atoms with van der Waals surface area (Å²) in [5, 5.41) is 4.29. The molecular weight excluding hydrogens is 509 g/mol. The number of ether oxygens (including phenoxy) is 4. The Balaban J connectivity index is 1.30. The zero-order valence-corrected chi connectivity index (χ0v) is 21.4. The maximum absolute atomic E-state index is 13.1. The van der Waals surface area contributed by atoms with Crippen molar-refractivity contribution in [2.45, 2.75) is 0 Å². The minimum absolute atomic E-state index is 0.221. The Bertz CT molecular complexity index is 1280. The van der Waals surface area contributed by atoms with Gasteiger partial charge in [0.25, 0.3) is 0 Å². The first-order chi connectivity index (χ1) is 19.1. The Morgan fingerprint density at radius 2 is 1.54 bits per heavy atom. The number of carbonyl (C=O) groups excluding carboxylic acids is 1. The first kappa shape index (κ1) is 26.3. The fraction of sp³-hybridized carbons (Fsp3) is 0.346. The highest BCUT2D eigenvalue weighted by molar-refractivity contribution is 5.91. The van der Waals surface area contributed by atoms with Gasteiger partial charge in [0.1, 0.15) is 5.82 Å². The maximum Gasteiger partial charge on any atom is 0.343 e. The highest BCUT2D eigenvalue weighted by Crippen LogP contribution is 2.28. The fourth-order valence-corrected chi connectivity index (χ4v) is 3.97. The molecule has 1 aromatic heterocycles. The van der Waals surface area contributed by atoms with Crippen molar-refractivity contribution in [3.8, 4) is 11.5 Å². The van der Waals surface area contributed by atoms with Gasteiger partial charge in [-0.05, 0) is 48.0 Å². The number of hydrazone groups is 1. The van der Waals surface area contributed by atoms with E-state index in [4.69, 9.17) is 18.9 Å². The van der Waals surface area contributed by atoms with Crippen molar-refractivity contribution in [2.24, 2.45) is 5.10 Å². The van der Waals surface area contributed by atoms with E-state index in [2.05, 4.69) is 35.3 Å². The van der Waals surface area contributed by atoms with Crippen LogP contribution in [0.15, 0.2) is 47.6 Å². The van der Waals surface area contributed by atoms with E-state index in [1.54, 1.807) is 24.4 Å². The van der Waals surface area contributed by atoms with E-state index >= 15 is 0 Å². The highest BCUT2D eigenvalue weighted by Gasteiger charge is 2.20. The number of morpholine rings is 2. The molecule has 0 bridgehead atoms. The fourth-order valence-electron chi connectivity index (χ4n) is 3.97. The molecule has 2 saturated heterocycles. The number of nitrogens with zero attached hydrogens (tertiary/aromatic N) is 6. The van der Waals surface area contributed by atoms with Gasteiger partial charge < -0.3 is 28.7 Å². The number of nitrogens with one attached hydrogen (secondary N) is 1. The number of aromatic nitrogens is 3. The van der Waals surface area contributed by atoms with Gasteiger partial charge in [-0.3, -0.25) is 0 Å². The first-order valence-electron chi connectivity index (χ1n) is 12.5. The zero-order valence-electron chi connectivity index (χ0n) is 21.4.